The van der Waals surface area contributed by atoms with Crippen LogP contribution in [-0.2, 0) is 4.74 Å². The van der Waals surface area contributed by atoms with Crippen LogP contribution in [0.3, 0.4) is 0 Å². The first-order valence-electron chi connectivity index (χ1n) is 5.37. The zero-order chi connectivity index (χ0) is 10.3. The highest BCUT2D eigenvalue weighted by Gasteiger charge is 2.31. The second-order valence-corrected chi connectivity index (χ2v) is 3.91. The molecule has 4 nitrogen and oxygen atoms in total. The molecule has 0 saturated heterocycles. The lowest BCUT2D eigenvalue weighted by molar-refractivity contribution is 0.0833. The Morgan fingerprint density at radius 1 is 1.14 bits per heavy atom. The van der Waals surface area contributed by atoms with Crippen LogP contribution in [0.2, 0.25) is 0 Å². The van der Waals surface area contributed by atoms with Gasteiger partial charge in [0.2, 0.25) is 0 Å². The van der Waals surface area contributed by atoms with Gasteiger partial charge in [0.25, 0.3) is 0 Å². The van der Waals surface area contributed by atoms with Crippen molar-refractivity contribution in [2.24, 2.45) is 0 Å². The van der Waals surface area contributed by atoms with Gasteiger partial charge < -0.3 is 20.3 Å². The van der Waals surface area contributed by atoms with Crippen LogP contribution in [0.15, 0.2) is 0 Å². The van der Waals surface area contributed by atoms with Gasteiger partial charge in [-0.05, 0) is 12.8 Å². The third-order valence-electron chi connectivity index (χ3n) is 2.85. The molecule has 0 bridgehead atoms. The summed E-state index contributed by atoms with van der Waals surface area (Å²) in [6.07, 6.45) is 4.52. The highest BCUT2D eigenvalue weighted by atomic mass is 16.5. The van der Waals surface area contributed by atoms with Crippen molar-refractivity contribution in [1.29, 1.82) is 0 Å². The van der Waals surface area contributed by atoms with Crippen LogP contribution >= 0.6 is 0 Å². The van der Waals surface area contributed by atoms with E-state index in [1.807, 2.05) is 0 Å². The molecule has 1 saturated carbocycles. The summed E-state index contributed by atoms with van der Waals surface area (Å²) in [5, 5.41) is 21.1. The highest BCUT2D eigenvalue weighted by Crippen LogP contribution is 2.28. The smallest absolute Gasteiger partial charge is 0.0698 e. The fourth-order valence-corrected chi connectivity index (χ4v) is 2.00. The molecule has 0 aliphatic heterocycles. The van der Waals surface area contributed by atoms with E-state index in [0.717, 1.165) is 19.4 Å². The predicted octanol–water partition coefficient (Wildman–Crippen LogP) is -0.110. The Morgan fingerprint density at radius 2 is 1.86 bits per heavy atom. The molecular weight excluding hydrogens is 182 g/mol. The molecule has 0 atom stereocenters. The molecule has 1 rings (SSSR count). The maximum Gasteiger partial charge on any atom is 0.0698 e. The number of aliphatic hydroxyl groups is 2. The largest absolute Gasteiger partial charge is 0.394 e. The van der Waals surface area contributed by atoms with E-state index < -0.39 is 0 Å². The predicted molar refractivity (Wildman–Crippen MR) is 54.2 cm³/mol. The van der Waals surface area contributed by atoms with E-state index in [9.17, 15) is 5.11 Å². The van der Waals surface area contributed by atoms with E-state index in [-0.39, 0.29) is 18.8 Å². The Balaban J connectivity index is 2.08. The van der Waals surface area contributed by atoms with Gasteiger partial charge in [-0.3, -0.25) is 0 Å². The summed E-state index contributed by atoms with van der Waals surface area (Å²) in [5.41, 5.74) is -0.0530. The molecule has 0 radical (unpaired) electrons. The molecule has 0 aromatic rings. The third-order valence-corrected chi connectivity index (χ3v) is 2.85. The molecule has 0 heterocycles. The van der Waals surface area contributed by atoms with Crippen molar-refractivity contribution in [2.75, 3.05) is 33.0 Å². The van der Waals surface area contributed by atoms with Gasteiger partial charge in [0.05, 0.1) is 26.4 Å². The number of ether oxygens (including phenoxy) is 1. The van der Waals surface area contributed by atoms with Crippen LogP contribution in [0.25, 0.3) is 0 Å². The first-order valence-corrected chi connectivity index (χ1v) is 5.37. The minimum Gasteiger partial charge on any atom is -0.394 e. The molecular formula is C10H21NO3. The molecule has 0 aromatic carbocycles. The molecule has 0 unspecified atom stereocenters. The van der Waals surface area contributed by atoms with Crippen molar-refractivity contribution in [3.63, 3.8) is 0 Å². The molecule has 0 spiro atoms. The lowest BCUT2D eigenvalue weighted by Gasteiger charge is -2.28. The second-order valence-electron chi connectivity index (χ2n) is 3.91. The average Bonchev–Trinajstić information content (AvgIpc) is 2.67. The number of hydrogen-bond acceptors (Lipinski definition) is 4. The van der Waals surface area contributed by atoms with Gasteiger partial charge in [-0.2, -0.15) is 0 Å². The highest BCUT2D eigenvalue weighted by molar-refractivity contribution is 4.91. The number of rotatable bonds is 7. The number of nitrogens with one attached hydrogen (secondary N) is 1. The molecule has 1 aliphatic carbocycles. The fraction of sp³-hybridized carbons (Fsp3) is 1.00. The zero-order valence-electron chi connectivity index (χ0n) is 8.67. The lowest BCUT2D eigenvalue weighted by atomic mass is 9.99. The lowest BCUT2D eigenvalue weighted by Crippen LogP contribution is -2.47. The summed E-state index contributed by atoms with van der Waals surface area (Å²) >= 11 is 0. The normalized spacial score (nSPS) is 20.1. The minimum atomic E-state index is -0.0530. The van der Waals surface area contributed by atoms with Gasteiger partial charge >= 0.3 is 0 Å². The van der Waals surface area contributed by atoms with E-state index >= 15 is 0 Å². The van der Waals surface area contributed by atoms with E-state index in [1.54, 1.807) is 0 Å². The van der Waals surface area contributed by atoms with E-state index in [2.05, 4.69) is 5.32 Å². The molecule has 1 aliphatic rings. The van der Waals surface area contributed by atoms with Crippen molar-refractivity contribution in [3.8, 4) is 0 Å². The molecule has 84 valence electrons. The van der Waals surface area contributed by atoms with Gasteiger partial charge in [0, 0.05) is 12.1 Å². The van der Waals surface area contributed by atoms with E-state index in [4.69, 9.17) is 9.84 Å². The summed E-state index contributed by atoms with van der Waals surface area (Å²) < 4.78 is 5.14. The average molecular weight is 203 g/mol. The Hall–Kier alpha value is -0.160. The van der Waals surface area contributed by atoms with Gasteiger partial charge in [-0.25, -0.2) is 0 Å². The third kappa shape index (κ3) is 3.53. The van der Waals surface area contributed by atoms with Crippen molar-refractivity contribution in [3.05, 3.63) is 0 Å². The topological polar surface area (TPSA) is 61.7 Å². The molecule has 4 heteroatoms. The first kappa shape index (κ1) is 11.9. The SMILES string of the molecule is OCCOCCNC1(CO)CCCC1. The standard InChI is InChI=1S/C10H21NO3/c12-6-8-14-7-5-11-10(9-13)3-1-2-4-10/h11-13H,1-9H2. The zero-order valence-corrected chi connectivity index (χ0v) is 8.67. The van der Waals surface area contributed by atoms with Crippen LogP contribution in [0.1, 0.15) is 25.7 Å². The maximum absolute atomic E-state index is 9.28. The molecule has 3 N–H and O–H groups in total. The summed E-state index contributed by atoms with van der Waals surface area (Å²) in [4.78, 5) is 0. The van der Waals surface area contributed by atoms with Crippen LogP contribution in [-0.4, -0.2) is 48.7 Å². The quantitative estimate of drug-likeness (QED) is 0.505. The van der Waals surface area contributed by atoms with Crippen molar-refractivity contribution >= 4 is 0 Å². The van der Waals surface area contributed by atoms with E-state index in [0.29, 0.717) is 13.2 Å². The van der Waals surface area contributed by atoms with Crippen molar-refractivity contribution in [2.45, 2.75) is 31.2 Å². The van der Waals surface area contributed by atoms with Crippen LogP contribution in [0.5, 0.6) is 0 Å². The monoisotopic (exact) mass is 203 g/mol. The van der Waals surface area contributed by atoms with Gasteiger partial charge in [-0.1, -0.05) is 12.8 Å². The molecule has 0 amide bonds. The van der Waals surface area contributed by atoms with Gasteiger partial charge in [0.1, 0.15) is 0 Å². The maximum atomic E-state index is 9.28. The molecule has 14 heavy (non-hydrogen) atoms. The van der Waals surface area contributed by atoms with Crippen molar-refractivity contribution in [1.82, 2.24) is 5.32 Å². The van der Waals surface area contributed by atoms with Crippen LogP contribution < -0.4 is 5.32 Å². The van der Waals surface area contributed by atoms with Gasteiger partial charge in [0.15, 0.2) is 0 Å². The van der Waals surface area contributed by atoms with Crippen LogP contribution in [0, 0.1) is 0 Å². The van der Waals surface area contributed by atoms with Crippen LogP contribution in [0.4, 0.5) is 0 Å². The second kappa shape index (κ2) is 6.35. The van der Waals surface area contributed by atoms with Gasteiger partial charge in [-0.15, -0.1) is 0 Å². The molecule has 0 aromatic heterocycles. The number of aliphatic hydroxyl groups excluding tert-OH is 2. The Labute approximate surface area is 85.3 Å². The first-order chi connectivity index (χ1) is 6.83. The Morgan fingerprint density at radius 3 is 2.43 bits per heavy atom. The summed E-state index contributed by atoms with van der Waals surface area (Å²) in [5.74, 6) is 0. The van der Waals surface area contributed by atoms with Crippen molar-refractivity contribution < 1.29 is 14.9 Å². The summed E-state index contributed by atoms with van der Waals surface area (Å²) in [7, 11) is 0. The Kier molecular flexibility index (Phi) is 5.40. The molecule has 1 fully saturated rings. The summed E-state index contributed by atoms with van der Waals surface area (Å²) in [6.45, 7) is 2.04. The Bertz CT molecular complexity index is 146. The minimum absolute atomic E-state index is 0.0530. The van der Waals surface area contributed by atoms with E-state index in [1.165, 1.54) is 12.8 Å². The summed E-state index contributed by atoms with van der Waals surface area (Å²) in [6, 6.07) is 0. The number of hydrogen-bond donors (Lipinski definition) is 3. The fourth-order valence-electron chi connectivity index (χ4n) is 2.00.